The van der Waals surface area contributed by atoms with Gasteiger partial charge in [-0.3, -0.25) is 10.1 Å². The molecule has 2 aromatic carbocycles. The maximum absolute atomic E-state index is 11.5. The SMILES string of the molecule is COc1cccc(Oc2ccc([N+](=O)[O-])c(C(NC(=O)O)C(C)(C)C)c2)c1. The second-order valence-corrected chi connectivity index (χ2v) is 7.01. The Bertz CT molecular complexity index is 844. The van der Waals surface area contributed by atoms with Crippen LogP contribution in [-0.2, 0) is 0 Å². The maximum Gasteiger partial charge on any atom is 0.405 e. The maximum atomic E-state index is 11.5. The van der Waals surface area contributed by atoms with E-state index in [0.29, 0.717) is 17.2 Å². The van der Waals surface area contributed by atoms with Crippen molar-refractivity contribution >= 4 is 11.8 Å². The number of nitrogens with one attached hydrogen (secondary N) is 1. The van der Waals surface area contributed by atoms with Crippen molar-refractivity contribution in [2.45, 2.75) is 26.8 Å². The number of carbonyl (C=O) groups is 1. The molecular weight excluding hydrogens is 352 g/mol. The Labute approximate surface area is 156 Å². The van der Waals surface area contributed by atoms with E-state index in [1.54, 1.807) is 45.0 Å². The van der Waals surface area contributed by atoms with Crippen LogP contribution in [0.5, 0.6) is 17.2 Å². The summed E-state index contributed by atoms with van der Waals surface area (Å²) < 4.78 is 10.9. The van der Waals surface area contributed by atoms with Crippen LogP contribution in [0.3, 0.4) is 0 Å². The molecular formula is C19H22N2O6. The lowest BCUT2D eigenvalue weighted by Gasteiger charge is -2.30. The highest BCUT2D eigenvalue weighted by molar-refractivity contribution is 5.66. The lowest BCUT2D eigenvalue weighted by Crippen LogP contribution is -2.36. The zero-order valence-corrected chi connectivity index (χ0v) is 15.6. The Balaban J connectivity index is 2.49. The molecule has 0 aromatic heterocycles. The zero-order valence-electron chi connectivity index (χ0n) is 15.6. The van der Waals surface area contributed by atoms with Gasteiger partial charge < -0.3 is 19.9 Å². The van der Waals surface area contributed by atoms with Gasteiger partial charge in [0.25, 0.3) is 5.69 Å². The highest BCUT2D eigenvalue weighted by Gasteiger charge is 2.33. The van der Waals surface area contributed by atoms with Gasteiger partial charge in [-0.25, -0.2) is 4.79 Å². The highest BCUT2D eigenvalue weighted by Crippen LogP contribution is 2.40. The van der Waals surface area contributed by atoms with Crippen LogP contribution in [0, 0.1) is 15.5 Å². The van der Waals surface area contributed by atoms with Crippen LogP contribution in [0.25, 0.3) is 0 Å². The number of benzene rings is 2. The fraction of sp³-hybridized carbons (Fsp3) is 0.316. The molecule has 1 atom stereocenters. The van der Waals surface area contributed by atoms with Gasteiger partial charge in [0, 0.05) is 12.1 Å². The summed E-state index contributed by atoms with van der Waals surface area (Å²) in [5.74, 6) is 1.45. The average Bonchev–Trinajstić information content (AvgIpc) is 2.58. The van der Waals surface area contributed by atoms with E-state index in [0.717, 1.165) is 0 Å². The summed E-state index contributed by atoms with van der Waals surface area (Å²) in [4.78, 5) is 22.2. The molecule has 144 valence electrons. The minimum Gasteiger partial charge on any atom is -0.497 e. The van der Waals surface area contributed by atoms with Gasteiger partial charge in [0.2, 0.25) is 0 Å². The predicted octanol–water partition coefficient (Wildman–Crippen LogP) is 4.75. The number of hydrogen-bond donors (Lipinski definition) is 2. The number of nitro groups is 1. The van der Waals surface area contributed by atoms with Crippen LogP contribution in [0.4, 0.5) is 10.5 Å². The molecule has 0 saturated heterocycles. The molecule has 8 nitrogen and oxygen atoms in total. The van der Waals surface area contributed by atoms with Crippen molar-refractivity contribution < 1.29 is 24.3 Å². The monoisotopic (exact) mass is 374 g/mol. The van der Waals surface area contributed by atoms with Crippen LogP contribution in [0.2, 0.25) is 0 Å². The van der Waals surface area contributed by atoms with Crippen LogP contribution >= 0.6 is 0 Å². The van der Waals surface area contributed by atoms with Crippen molar-refractivity contribution in [1.82, 2.24) is 5.32 Å². The van der Waals surface area contributed by atoms with Gasteiger partial charge in [-0.05, 0) is 29.7 Å². The molecule has 0 saturated carbocycles. The van der Waals surface area contributed by atoms with Crippen molar-refractivity contribution in [1.29, 1.82) is 0 Å². The number of rotatable bonds is 6. The summed E-state index contributed by atoms with van der Waals surface area (Å²) in [6.07, 6.45) is -1.26. The van der Waals surface area contributed by atoms with Crippen molar-refractivity contribution in [2.24, 2.45) is 5.41 Å². The van der Waals surface area contributed by atoms with Gasteiger partial charge in [0.05, 0.1) is 23.6 Å². The third-order valence-corrected chi connectivity index (χ3v) is 3.92. The molecule has 1 amide bonds. The molecule has 1 unspecified atom stereocenters. The van der Waals surface area contributed by atoms with E-state index >= 15 is 0 Å². The van der Waals surface area contributed by atoms with Gasteiger partial charge in [0.15, 0.2) is 0 Å². The van der Waals surface area contributed by atoms with Gasteiger partial charge in [-0.2, -0.15) is 0 Å². The Morgan fingerprint density at radius 3 is 2.33 bits per heavy atom. The van der Waals surface area contributed by atoms with Crippen molar-refractivity contribution in [3.05, 3.63) is 58.1 Å². The van der Waals surface area contributed by atoms with E-state index < -0.39 is 22.5 Å². The lowest BCUT2D eigenvalue weighted by atomic mass is 9.81. The standard InChI is InChI=1S/C19H22N2O6/c1-19(2,3)17(20-18(22)23)15-11-14(8-9-16(15)21(24)25)27-13-7-5-6-12(10-13)26-4/h5-11,17,20H,1-4H3,(H,22,23). The first kappa shape index (κ1) is 20.0. The topological polar surface area (TPSA) is 111 Å². The first-order chi connectivity index (χ1) is 12.6. The van der Waals surface area contributed by atoms with Gasteiger partial charge >= 0.3 is 6.09 Å². The fourth-order valence-corrected chi connectivity index (χ4v) is 2.68. The lowest BCUT2D eigenvalue weighted by molar-refractivity contribution is -0.386. The number of ether oxygens (including phenoxy) is 2. The smallest absolute Gasteiger partial charge is 0.405 e. The van der Waals surface area contributed by atoms with Gasteiger partial charge in [0.1, 0.15) is 17.2 Å². The molecule has 2 N–H and O–H groups in total. The van der Waals surface area contributed by atoms with E-state index in [1.165, 1.54) is 25.3 Å². The normalized spacial score (nSPS) is 12.1. The van der Waals surface area contributed by atoms with E-state index in [9.17, 15) is 20.0 Å². The van der Waals surface area contributed by atoms with Crippen LogP contribution in [0.1, 0.15) is 32.4 Å². The minimum absolute atomic E-state index is 0.179. The number of hydrogen-bond acceptors (Lipinski definition) is 5. The van der Waals surface area contributed by atoms with Crippen LogP contribution in [-0.4, -0.2) is 23.2 Å². The number of nitro benzene ring substituents is 1. The quantitative estimate of drug-likeness (QED) is 0.557. The zero-order chi connectivity index (χ0) is 20.2. The van der Waals surface area contributed by atoms with Crippen LogP contribution < -0.4 is 14.8 Å². The fourth-order valence-electron chi connectivity index (χ4n) is 2.68. The summed E-state index contributed by atoms with van der Waals surface area (Å²) >= 11 is 0. The molecule has 0 aliphatic heterocycles. The third-order valence-electron chi connectivity index (χ3n) is 3.92. The molecule has 0 fully saturated rings. The van der Waals surface area contributed by atoms with E-state index in [1.807, 2.05) is 0 Å². The molecule has 0 heterocycles. The number of carboxylic acid groups (broad SMARTS) is 1. The summed E-state index contributed by atoms with van der Waals surface area (Å²) in [6.45, 7) is 5.40. The van der Waals surface area contributed by atoms with E-state index in [2.05, 4.69) is 5.32 Å². The molecule has 2 rings (SSSR count). The Morgan fingerprint density at radius 2 is 1.78 bits per heavy atom. The Morgan fingerprint density at radius 1 is 1.15 bits per heavy atom. The molecule has 0 aliphatic carbocycles. The molecule has 0 bridgehead atoms. The molecule has 27 heavy (non-hydrogen) atoms. The number of methoxy groups -OCH3 is 1. The first-order valence-corrected chi connectivity index (χ1v) is 8.21. The Hall–Kier alpha value is -3.29. The van der Waals surface area contributed by atoms with E-state index in [4.69, 9.17) is 9.47 Å². The summed E-state index contributed by atoms with van der Waals surface area (Å²) in [5, 5.41) is 23.0. The van der Waals surface area contributed by atoms with Crippen LogP contribution in [0.15, 0.2) is 42.5 Å². The largest absolute Gasteiger partial charge is 0.497 e. The summed E-state index contributed by atoms with van der Waals surface area (Å²) in [6, 6.07) is 10.4. The number of nitrogens with zero attached hydrogens (tertiary/aromatic N) is 1. The van der Waals surface area contributed by atoms with Crippen molar-refractivity contribution in [3.8, 4) is 17.2 Å². The first-order valence-electron chi connectivity index (χ1n) is 8.21. The minimum atomic E-state index is -1.26. The van der Waals surface area contributed by atoms with Crippen molar-refractivity contribution in [3.63, 3.8) is 0 Å². The summed E-state index contributed by atoms with van der Waals surface area (Å²) in [5.41, 5.74) is -0.547. The Kier molecular flexibility index (Phi) is 5.89. The molecule has 0 spiro atoms. The molecule has 2 aromatic rings. The van der Waals surface area contributed by atoms with Gasteiger partial charge in [-0.1, -0.05) is 26.8 Å². The average molecular weight is 374 g/mol. The second-order valence-electron chi connectivity index (χ2n) is 7.01. The highest BCUT2D eigenvalue weighted by atomic mass is 16.6. The third kappa shape index (κ3) is 5.10. The predicted molar refractivity (Wildman–Crippen MR) is 99.5 cm³/mol. The molecule has 0 radical (unpaired) electrons. The second kappa shape index (κ2) is 7.94. The molecule has 0 aliphatic rings. The summed E-state index contributed by atoms with van der Waals surface area (Å²) in [7, 11) is 1.54. The van der Waals surface area contributed by atoms with Crippen molar-refractivity contribution in [2.75, 3.05) is 7.11 Å². The van der Waals surface area contributed by atoms with E-state index in [-0.39, 0.29) is 11.3 Å². The number of amides is 1. The molecule has 8 heteroatoms. The van der Waals surface area contributed by atoms with Gasteiger partial charge in [-0.15, -0.1) is 0 Å².